The van der Waals surface area contributed by atoms with Crippen LogP contribution in [0, 0.1) is 6.92 Å². The number of carbonyl (C=O) groups excluding carboxylic acids is 1. The average Bonchev–Trinajstić information content (AvgIpc) is 3.11. The van der Waals surface area contributed by atoms with Crippen LogP contribution in [0.2, 0.25) is 5.02 Å². The number of halogens is 1. The van der Waals surface area contributed by atoms with Gasteiger partial charge in [-0.3, -0.25) is 15.1 Å². The number of nitrogens with one attached hydrogen (secondary N) is 3. The summed E-state index contributed by atoms with van der Waals surface area (Å²) in [6.45, 7) is 10.1. The number of aromatic amines is 1. The van der Waals surface area contributed by atoms with Crippen LogP contribution in [0.15, 0.2) is 35.1 Å². The third-order valence-electron chi connectivity index (χ3n) is 4.85. The van der Waals surface area contributed by atoms with Gasteiger partial charge >= 0.3 is 6.03 Å². The zero-order valence-corrected chi connectivity index (χ0v) is 19.1. The van der Waals surface area contributed by atoms with Crippen LogP contribution in [-0.4, -0.2) is 25.8 Å². The molecule has 2 heterocycles. The van der Waals surface area contributed by atoms with Gasteiger partial charge in [-0.2, -0.15) is 9.78 Å². The minimum Gasteiger partial charge on any atom is -0.334 e. The maximum atomic E-state index is 12.5. The molecule has 0 aliphatic rings. The van der Waals surface area contributed by atoms with Crippen molar-refractivity contribution in [2.75, 3.05) is 5.32 Å². The third kappa shape index (κ3) is 5.32. The lowest BCUT2D eigenvalue weighted by atomic mass is 9.92. The van der Waals surface area contributed by atoms with Crippen molar-refractivity contribution in [2.24, 2.45) is 0 Å². The van der Waals surface area contributed by atoms with Gasteiger partial charge in [0.25, 0.3) is 5.56 Å². The average molecular weight is 443 g/mol. The molecule has 2 amide bonds. The largest absolute Gasteiger partial charge is 0.334 e. The second-order valence-electron chi connectivity index (χ2n) is 8.32. The first-order valence-corrected chi connectivity index (χ1v) is 10.5. The second kappa shape index (κ2) is 8.93. The molecule has 3 aromatic rings. The topological polar surface area (TPSA) is 105 Å². The van der Waals surface area contributed by atoms with E-state index < -0.39 is 6.03 Å². The van der Waals surface area contributed by atoms with Gasteiger partial charge in [-0.05, 0) is 31.0 Å². The molecule has 3 N–H and O–H groups in total. The van der Waals surface area contributed by atoms with E-state index in [9.17, 15) is 9.59 Å². The SMILES string of the molecule is CCc1c(C)nc(-n2nc(C(C)(C)C)cc2NC(=O)NCc2ccc(Cl)cc2)[nH]c1=O. The van der Waals surface area contributed by atoms with Crippen LogP contribution >= 0.6 is 11.6 Å². The highest BCUT2D eigenvalue weighted by Gasteiger charge is 2.23. The summed E-state index contributed by atoms with van der Waals surface area (Å²) < 4.78 is 1.45. The fourth-order valence-electron chi connectivity index (χ4n) is 3.06. The molecule has 31 heavy (non-hydrogen) atoms. The lowest BCUT2D eigenvalue weighted by molar-refractivity contribution is 0.251. The Morgan fingerprint density at radius 1 is 1.23 bits per heavy atom. The van der Waals surface area contributed by atoms with E-state index in [0.717, 1.165) is 11.3 Å². The Morgan fingerprint density at radius 2 is 1.90 bits per heavy atom. The van der Waals surface area contributed by atoms with Crippen molar-refractivity contribution in [3.05, 3.63) is 68.2 Å². The molecule has 2 aromatic heterocycles. The number of nitrogens with zero attached hydrogens (tertiary/aromatic N) is 3. The molecule has 0 aliphatic carbocycles. The molecule has 9 heteroatoms. The summed E-state index contributed by atoms with van der Waals surface area (Å²) in [4.78, 5) is 32.3. The number of carbonyl (C=O) groups is 1. The maximum Gasteiger partial charge on any atom is 0.320 e. The van der Waals surface area contributed by atoms with Gasteiger partial charge in [0.2, 0.25) is 5.95 Å². The summed E-state index contributed by atoms with van der Waals surface area (Å²) in [5, 5.41) is 10.9. The molecule has 3 rings (SSSR count). The number of hydrogen-bond donors (Lipinski definition) is 3. The van der Waals surface area contributed by atoms with E-state index in [0.29, 0.717) is 35.1 Å². The van der Waals surface area contributed by atoms with Gasteiger partial charge in [-0.25, -0.2) is 9.78 Å². The summed E-state index contributed by atoms with van der Waals surface area (Å²) >= 11 is 5.90. The summed E-state index contributed by atoms with van der Waals surface area (Å²) in [6.07, 6.45) is 0.582. The first-order valence-electron chi connectivity index (χ1n) is 10.1. The zero-order valence-electron chi connectivity index (χ0n) is 18.3. The number of amides is 2. The number of benzene rings is 1. The first kappa shape index (κ1) is 22.6. The van der Waals surface area contributed by atoms with E-state index in [-0.39, 0.29) is 16.9 Å². The summed E-state index contributed by atoms with van der Waals surface area (Å²) in [5.74, 6) is 0.661. The van der Waals surface area contributed by atoms with Crippen molar-refractivity contribution in [3.63, 3.8) is 0 Å². The fraction of sp³-hybridized carbons (Fsp3) is 0.364. The Bertz CT molecular complexity index is 1140. The predicted octanol–water partition coefficient (Wildman–Crippen LogP) is 4.10. The van der Waals surface area contributed by atoms with Gasteiger partial charge in [0.15, 0.2) is 0 Å². The molecular formula is C22H27ClN6O2. The molecule has 8 nitrogen and oxygen atoms in total. The van der Waals surface area contributed by atoms with Crippen LogP contribution in [0.4, 0.5) is 10.6 Å². The molecule has 1 aromatic carbocycles. The molecule has 0 bridgehead atoms. The van der Waals surface area contributed by atoms with Crippen LogP contribution in [0.1, 0.15) is 50.2 Å². The Balaban J connectivity index is 1.89. The molecule has 0 fully saturated rings. The van der Waals surface area contributed by atoms with Crippen molar-refractivity contribution >= 4 is 23.4 Å². The predicted molar refractivity (Wildman–Crippen MR) is 122 cm³/mol. The standard InChI is InChI=1S/C22H27ClN6O2/c1-6-16-13(2)25-20(27-19(16)30)29-18(11-17(28-29)22(3,4)5)26-21(31)24-12-14-7-9-15(23)10-8-14/h7-11H,6,12H2,1-5H3,(H2,24,26,31)(H,25,27,30). The van der Waals surface area contributed by atoms with E-state index >= 15 is 0 Å². The molecule has 0 radical (unpaired) electrons. The van der Waals surface area contributed by atoms with E-state index in [1.54, 1.807) is 25.1 Å². The molecule has 0 unspecified atom stereocenters. The van der Waals surface area contributed by atoms with E-state index in [1.165, 1.54) is 4.68 Å². The van der Waals surface area contributed by atoms with Crippen molar-refractivity contribution < 1.29 is 4.79 Å². The molecular weight excluding hydrogens is 416 g/mol. The minimum atomic E-state index is -0.402. The smallest absolute Gasteiger partial charge is 0.320 e. The maximum absolute atomic E-state index is 12.5. The minimum absolute atomic E-state index is 0.212. The Morgan fingerprint density at radius 3 is 2.48 bits per heavy atom. The van der Waals surface area contributed by atoms with Crippen molar-refractivity contribution in [2.45, 2.75) is 53.0 Å². The van der Waals surface area contributed by atoms with E-state index in [1.807, 2.05) is 39.8 Å². The van der Waals surface area contributed by atoms with Crippen LogP contribution < -0.4 is 16.2 Å². The van der Waals surface area contributed by atoms with Crippen molar-refractivity contribution in [1.82, 2.24) is 25.1 Å². The van der Waals surface area contributed by atoms with Gasteiger partial charge in [0.05, 0.1) is 5.69 Å². The third-order valence-corrected chi connectivity index (χ3v) is 5.10. The molecule has 0 saturated carbocycles. The lowest BCUT2D eigenvalue weighted by Gasteiger charge is -2.14. The number of rotatable bonds is 5. The van der Waals surface area contributed by atoms with Crippen LogP contribution in [0.25, 0.3) is 5.95 Å². The molecule has 164 valence electrons. The summed E-state index contributed by atoms with van der Waals surface area (Å²) in [7, 11) is 0. The lowest BCUT2D eigenvalue weighted by Crippen LogP contribution is -2.29. The second-order valence-corrected chi connectivity index (χ2v) is 8.75. The Labute approximate surface area is 186 Å². The van der Waals surface area contributed by atoms with Gasteiger partial charge in [0.1, 0.15) is 5.82 Å². The molecule has 0 spiro atoms. The van der Waals surface area contributed by atoms with Gasteiger partial charge in [-0.15, -0.1) is 0 Å². The molecule has 0 saturated heterocycles. The zero-order chi connectivity index (χ0) is 22.8. The number of H-pyrrole nitrogens is 1. The van der Waals surface area contributed by atoms with Crippen LogP contribution in [0.5, 0.6) is 0 Å². The Hall–Kier alpha value is -3.13. The van der Waals surface area contributed by atoms with Gasteiger partial charge in [-0.1, -0.05) is 51.4 Å². The van der Waals surface area contributed by atoms with Gasteiger partial charge < -0.3 is 5.32 Å². The molecule has 0 aliphatic heterocycles. The van der Waals surface area contributed by atoms with Crippen molar-refractivity contribution in [1.29, 1.82) is 0 Å². The van der Waals surface area contributed by atoms with Crippen molar-refractivity contribution in [3.8, 4) is 5.95 Å². The molecule has 0 atom stereocenters. The van der Waals surface area contributed by atoms with Crippen LogP contribution in [-0.2, 0) is 18.4 Å². The number of aryl methyl sites for hydroxylation is 1. The quantitative estimate of drug-likeness (QED) is 0.553. The fourth-order valence-corrected chi connectivity index (χ4v) is 3.18. The Kier molecular flexibility index (Phi) is 6.50. The number of aromatic nitrogens is 4. The summed E-state index contributed by atoms with van der Waals surface area (Å²) in [6, 6.07) is 8.61. The number of anilines is 1. The monoisotopic (exact) mass is 442 g/mol. The van der Waals surface area contributed by atoms with E-state index in [2.05, 4.69) is 25.7 Å². The van der Waals surface area contributed by atoms with Crippen LogP contribution in [0.3, 0.4) is 0 Å². The highest BCUT2D eigenvalue weighted by atomic mass is 35.5. The normalized spacial score (nSPS) is 11.4. The number of urea groups is 1. The highest BCUT2D eigenvalue weighted by Crippen LogP contribution is 2.25. The van der Waals surface area contributed by atoms with E-state index in [4.69, 9.17) is 11.6 Å². The first-order chi connectivity index (χ1) is 14.6. The number of hydrogen-bond acceptors (Lipinski definition) is 4. The summed E-state index contributed by atoms with van der Waals surface area (Å²) in [5.41, 5.74) is 2.45. The highest BCUT2D eigenvalue weighted by molar-refractivity contribution is 6.30. The van der Waals surface area contributed by atoms with Gasteiger partial charge in [0, 0.05) is 34.3 Å².